The zero-order valence-electron chi connectivity index (χ0n) is 10.4. The fraction of sp³-hybridized carbons (Fsp3) is 0.500. The van der Waals surface area contributed by atoms with Crippen molar-refractivity contribution in [2.45, 2.75) is 34.1 Å². The molecule has 0 atom stereocenters. The fourth-order valence-corrected chi connectivity index (χ4v) is 1.96. The van der Waals surface area contributed by atoms with Crippen LogP contribution < -0.4 is 0 Å². The van der Waals surface area contributed by atoms with Gasteiger partial charge in [0.05, 0.1) is 11.5 Å². The van der Waals surface area contributed by atoms with E-state index in [1.54, 1.807) is 25.2 Å². The molecule has 0 bridgehead atoms. The van der Waals surface area contributed by atoms with Crippen LogP contribution in [0, 0.1) is 0 Å². The molecule has 4 heteroatoms. The summed E-state index contributed by atoms with van der Waals surface area (Å²) in [5.74, 6) is 0. The minimum Gasteiger partial charge on any atom is -0.266 e. The molecule has 0 aromatic rings. The second-order valence-electron chi connectivity index (χ2n) is 3.59. The molecule has 0 aliphatic rings. The Morgan fingerprint density at radius 1 is 1.25 bits per heavy atom. The molecule has 0 aliphatic carbocycles. The van der Waals surface area contributed by atoms with Crippen LogP contribution in [-0.2, 0) is 14.3 Å². The van der Waals surface area contributed by atoms with Gasteiger partial charge in [-0.3, -0.25) is 4.18 Å². The van der Waals surface area contributed by atoms with Gasteiger partial charge < -0.3 is 0 Å². The molecule has 0 saturated carbocycles. The van der Waals surface area contributed by atoms with Crippen LogP contribution in [0.5, 0.6) is 0 Å². The lowest BCUT2D eigenvalue weighted by molar-refractivity contribution is 0.323. The van der Waals surface area contributed by atoms with Gasteiger partial charge in [0.2, 0.25) is 0 Å². The first-order chi connectivity index (χ1) is 7.44. The summed E-state index contributed by atoms with van der Waals surface area (Å²) in [5.41, 5.74) is 1.03. The third kappa shape index (κ3) is 5.88. The molecule has 16 heavy (non-hydrogen) atoms. The van der Waals surface area contributed by atoms with Crippen LogP contribution in [0.4, 0.5) is 0 Å². The van der Waals surface area contributed by atoms with Crippen LogP contribution in [0.1, 0.15) is 34.1 Å². The molecule has 0 spiro atoms. The van der Waals surface area contributed by atoms with E-state index in [1.165, 1.54) is 6.08 Å². The molecule has 0 radical (unpaired) electrons. The summed E-state index contributed by atoms with van der Waals surface area (Å²) >= 11 is 0. The molecule has 0 heterocycles. The monoisotopic (exact) mass is 244 g/mol. The lowest BCUT2D eigenvalue weighted by Gasteiger charge is -2.04. The van der Waals surface area contributed by atoms with E-state index in [0.29, 0.717) is 6.42 Å². The SMILES string of the molecule is C/C=C\C(=C/C=C(C)C)S(=O)(=O)OCCC. The highest BCUT2D eigenvalue weighted by molar-refractivity contribution is 7.90. The van der Waals surface area contributed by atoms with E-state index in [0.717, 1.165) is 5.57 Å². The van der Waals surface area contributed by atoms with Crippen molar-refractivity contribution in [3.8, 4) is 0 Å². The van der Waals surface area contributed by atoms with Gasteiger partial charge in [-0.2, -0.15) is 8.42 Å². The summed E-state index contributed by atoms with van der Waals surface area (Å²) in [6, 6.07) is 0. The Labute approximate surface area is 98.6 Å². The third-order valence-electron chi connectivity index (χ3n) is 1.64. The number of hydrogen-bond donors (Lipinski definition) is 0. The van der Waals surface area contributed by atoms with Crippen LogP contribution in [0.25, 0.3) is 0 Å². The van der Waals surface area contributed by atoms with E-state index in [1.807, 2.05) is 20.8 Å². The van der Waals surface area contributed by atoms with Crippen LogP contribution >= 0.6 is 0 Å². The summed E-state index contributed by atoms with van der Waals surface area (Å²) in [6.45, 7) is 7.66. The Kier molecular flexibility index (Phi) is 7.01. The van der Waals surface area contributed by atoms with Gasteiger partial charge in [-0.15, -0.1) is 0 Å². The van der Waals surface area contributed by atoms with Crippen LogP contribution in [0.15, 0.2) is 34.8 Å². The molecule has 0 aromatic heterocycles. The molecule has 0 amide bonds. The second kappa shape index (κ2) is 7.41. The van der Waals surface area contributed by atoms with E-state index in [4.69, 9.17) is 4.18 Å². The highest BCUT2D eigenvalue weighted by Crippen LogP contribution is 2.12. The second-order valence-corrected chi connectivity index (χ2v) is 5.20. The Balaban J connectivity index is 5.06. The molecule has 0 N–H and O–H groups in total. The Bertz CT molecular complexity index is 382. The van der Waals surface area contributed by atoms with E-state index in [9.17, 15) is 8.42 Å². The number of hydrogen-bond acceptors (Lipinski definition) is 3. The first-order valence-corrected chi connectivity index (χ1v) is 6.72. The number of rotatable bonds is 6. The van der Waals surface area contributed by atoms with Crippen LogP contribution in [0.2, 0.25) is 0 Å². The Hall–Kier alpha value is -0.870. The molecule has 0 unspecified atom stereocenters. The smallest absolute Gasteiger partial charge is 0.266 e. The van der Waals surface area contributed by atoms with Gasteiger partial charge in [0.25, 0.3) is 10.1 Å². The molecular weight excluding hydrogens is 224 g/mol. The lowest BCUT2D eigenvalue weighted by Crippen LogP contribution is -2.08. The van der Waals surface area contributed by atoms with Gasteiger partial charge >= 0.3 is 0 Å². The molecule has 3 nitrogen and oxygen atoms in total. The van der Waals surface area contributed by atoms with Gasteiger partial charge in [-0.1, -0.05) is 24.6 Å². The predicted molar refractivity (Wildman–Crippen MR) is 67.5 cm³/mol. The third-order valence-corrected chi connectivity index (χ3v) is 2.97. The Morgan fingerprint density at radius 3 is 2.31 bits per heavy atom. The zero-order chi connectivity index (χ0) is 12.6. The maximum absolute atomic E-state index is 11.7. The molecule has 0 rings (SSSR count). The van der Waals surface area contributed by atoms with Crippen LogP contribution in [0.3, 0.4) is 0 Å². The van der Waals surface area contributed by atoms with Crippen LogP contribution in [-0.4, -0.2) is 15.0 Å². The van der Waals surface area contributed by atoms with Gasteiger partial charge in [0.1, 0.15) is 0 Å². The van der Waals surface area contributed by atoms with Gasteiger partial charge in [-0.25, -0.2) is 0 Å². The topological polar surface area (TPSA) is 43.4 Å². The maximum Gasteiger partial charge on any atom is 0.296 e. The average Bonchev–Trinajstić information content (AvgIpc) is 2.20. The highest BCUT2D eigenvalue weighted by Gasteiger charge is 2.14. The minimum atomic E-state index is -3.61. The first-order valence-electron chi connectivity index (χ1n) is 5.31. The molecule has 0 aliphatic heterocycles. The first kappa shape index (κ1) is 15.1. The minimum absolute atomic E-state index is 0.185. The molecule has 0 saturated heterocycles. The van der Waals surface area contributed by atoms with Crippen molar-refractivity contribution in [3.63, 3.8) is 0 Å². The summed E-state index contributed by atoms with van der Waals surface area (Å²) in [4.78, 5) is 0.185. The summed E-state index contributed by atoms with van der Waals surface area (Å²) < 4.78 is 28.3. The van der Waals surface area contributed by atoms with E-state index < -0.39 is 10.1 Å². The molecule has 0 fully saturated rings. The van der Waals surface area contributed by atoms with Crippen molar-refractivity contribution in [1.29, 1.82) is 0 Å². The molecular formula is C12H20O3S. The van der Waals surface area contributed by atoms with Gasteiger partial charge in [0, 0.05) is 0 Å². The van der Waals surface area contributed by atoms with Gasteiger partial charge in [0.15, 0.2) is 0 Å². The summed E-state index contributed by atoms with van der Waals surface area (Å²) in [6.07, 6.45) is 7.19. The van der Waals surface area contributed by atoms with E-state index in [-0.39, 0.29) is 11.5 Å². The summed E-state index contributed by atoms with van der Waals surface area (Å²) in [7, 11) is -3.61. The van der Waals surface area contributed by atoms with E-state index >= 15 is 0 Å². The molecule has 0 aromatic carbocycles. The maximum atomic E-state index is 11.7. The van der Waals surface area contributed by atoms with Crippen molar-refractivity contribution < 1.29 is 12.6 Å². The van der Waals surface area contributed by atoms with Crippen molar-refractivity contribution in [1.82, 2.24) is 0 Å². The highest BCUT2D eigenvalue weighted by atomic mass is 32.2. The quantitative estimate of drug-likeness (QED) is 0.532. The Morgan fingerprint density at radius 2 is 1.88 bits per heavy atom. The van der Waals surface area contributed by atoms with Gasteiger partial charge in [-0.05, 0) is 39.3 Å². The van der Waals surface area contributed by atoms with E-state index in [2.05, 4.69) is 0 Å². The standard InChI is InChI=1S/C12H20O3S/c1-5-7-12(9-8-11(3)4)16(13,14)15-10-6-2/h5,7-9H,6,10H2,1-4H3/b7-5-,12-9+. The number of allylic oxidation sites excluding steroid dienone is 5. The van der Waals surface area contributed by atoms with Crippen molar-refractivity contribution in [2.75, 3.05) is 6.61 Å². The normalized spacial score (nSPS) is 13.1. The summed E-state index contributed by atoms with van der Waals surface area (Å²) in [5, 5.41) is 0. The zero-order valence-corrected chi connectivity index (χ0v) is 11.2. The fourth-order valence-electron chi connectivity index (χ4n) is 0.896. The average molecular weight is 244 g/mol. The predicted octanol–water partition coefficient (Wildman–Crippen LogP) is 3.17. The largest absolute Gasteiger partial charge is 0.296 e. The molecule has 92 valence electrons. The van der Waals surface area contributed by atoms with Crippen molar-refractivity contribution in [3.05, 3.63) is 34.8 Å². The lowest BCUT2D eigenvalue weighted by atomic mass is 10.3. The van der Waals surface area contributed by atoms with Crippen molar-refractivity contribution >= 4 is 10.1 Å². The van der Waals surface area contributed by atoms with Crippen molar-refractivity contribution in [2.24, 2.45) is 0 Å².